The predicted octanol–water partition coefficient (Wildman–Crippen LogP) is 6.02. The zero-order chi connectivity index (χ0) is 24.7. The summed E-state index contributed by atoms with van der Waals surface area (Å²) in [6, 6.07) is 10.0. The van der Waals surface area contributed by atoms with E-state index in [1.165, 1.54) is 12.1 Å². The van der Waals surface area contributed by atoms with Crippen LogP contribution in [-0.2, 0) is 23.6 Å². The maximum atomic E-state index is 13.7. The summed E-state index contributed by atoms with van der Waals surface area (Å²) in [5, 5.41) is 2.60. The van der Waals surface area contributed by atoms with Gasteiger partial charge in [0.2, 0.25) is 5.91 Å². The molecule has 0 fully saturated rings. The molecule has 1 atom stereocenters. The van der Waals surface area contributed by atoms with Crippen molar-refractivity contribution < 1.29 is 35.9 Å². The first-order valence-corrected chi connectivity index (χ1v) is 10.1. The van der Waals surface area contributed by atoms with E-state index < -0.39 is 47.3 Å². The number of anilines is 1. The van der Waals surface area contributed by atoms with E-state index in [0.29, 0.717) is 11.3 Å². The van der Waals surface area contributed by atoms with E-state index in [-0.39, 0.29) is 23.5 Å². The molecule has 0 aliphatic carbocycles. The summed E-state index contributed by atoms with van der Waals surface area (Å²) in [5.41, 5.74) is -1.14. The van der Waals surface area contributed by atoms with Crippen LogP contribution >= 0.6 is 0 Å². The van der Waals surface area contributed by atoms with Crippen LogP contribution in [0.2, 0.25) is 0 Å². The minimum atomic E-state index is -4.78. The summed E-state index contributed by atoms with van der Waals surface area (Å²) in [5.74, 6) is -2.05. The van der Waals surface area contributed by atoms with E-state index in [4.69, 9.17) is 0 Å². The number of ketones is 1. The van der Waals surface area contributed by atoms with Crippen LogP contribution in [0.1, 0.15) is 50.6 Å². The van der Waals surface area contributed by atoms with Gasteiger partial charge < -0.3 is 5.32 Å². The number of nitrogens with one attached hydrogen (secondary N) is 1. The lowest BCUT2D eigenvalue weighted by atomic mass is 9.86. The third kappa shape index (κ3) is 4.80. The van der Waals surface area contributed by atoms with E-state index in [2.05, 4.69) is 10.3 Å². The predicted molar refractivity (Wildman–Crippen MR) is 110 cm³/mol. The van der Waals surface area contributed by atoms with E-state index in [1.807, 2.05) is 0 Å². The summed E-state index contributed by atoms with van der Waals surface area (Å²) in [6.45, 7) is 0. The Labute approximate surface area is 189 Å². The lowest BCUT2D eigenvalue weighted by molar-refractivity contribution is -0.139. The molecule has 0 radical (unpaired) electrons. The summed E-state index contributed by atoms with van der Waals surface area (Å²) < 4.78 is 80.0. The molecule has 10 heteroatoms. The number of Topliss-reactive ketones (excluding diaryl/α,β-unsaturated/α-hetero) is 1. The van der Waals surface area contributed by atoms with Crippen molar-refractivity contribution in [2.75, 3.05) is 5.32 Å². The highest BCUT2D eigenvalue weighted by Gasteiger charge is 2.37. The molecule has 4 rings (SSSR count). The molecular weight excluding hydrogens is 462 g/mol. The largest absolute Gasteiger partial charge is 0.418 e. The Hall–Kier alpha value is -3.69. The van der Waals surface area contributed by atoms with Crippen molar-refractivity contribution in [2.24, 2.45) is 0 Å². The quantitative estimate of drug-likeness (QED) is 0.361. The van der Waals surface area contributed by atoms with E-state index >= 15 is 0 Å². The molecule has 2 aromatic carbocycles. The van der Waals surface area contributed by atoms with Crippen LogP contribution in [0.3, 0.4) is 0 Å². The van der Waals surface area contributed by atoms with Crippen molar-refractivity contribution >= 4 is 17.4 Å². The Morgan fingerprint density at radius 1 is 0.971 bits per heavy atom. The molecule has 0 unspecified atom stereocenters. The van der Waals surface area contributed by atoms with Gasteiger partial charge in [0, 0.05) is 29.8 Å². The van der Waals surface area contributed by atoms with Crippen LogP contribution < -0.4 is 5.32 Å². The highest BCUT2D eigenvalue weighted by Crippen LogP contribution is 2.39. The Balaban J connectivity index is 1.74. The number of fused-ring (bicyclic) bond motifs is 1. The molecule has 2 heterocycles. The first kappa shape index (κ1) is 23.5. The van der Waals surface area contributed by atoms with Gasteiger partial charge in [0.1, 0.15) is 0 Å². The number of nitrogens with zero attached hydrogens (tertiary/aromatic N) is 1. The highest BCUT2D eigenvalue weighted by molar-refractivity contribution is 6.03. The van der Waals surface area contributed by atoms with Crippen molar-refractivity contribution in [3.05, 3.63) is 94.3 Å². The fourth-order valence-electron chi connectivity index (χ4n) is 3.90. The van der Waals surface area contributed by atoms with Gasteiger partial charge in [-0.1, -0.05) is 24.3 Å². The number of pyridine rings is 1. The fraction of sp³-hybridized carbons (Fsp3) is 0.208. The average Bonchev–Trinajstić information content (AvgIpc) is 3.15. The van der Waals surface area contributed by atoms with Gasteiger partial charge in [-0.2, -0.15) is 26.3 Å². The third-order valence-corrected chi connectivity index (χ3v) is 5.56. The number of hydrogen-bond acceptors (Lipinski definition) is 3. The molecule has 0 spiro atoms. The lowest BCUT2D eigenvalue weighted by Gasteiger charge is -2.21. The van der Waals surface area contributed by atoms with Crippen molar-refractivity contribution in [1.82, 2.24) is 4.98 Å². The second kappa shape index (κ2) is 8.58. The van der Waals surface area contributed by atoms with Crippen LogP contribution in [0.5, 0.6) is 0 Å². The number of halogens is 6. The number of amides is 1. The minimum absolute atomic E-state index is 0.0833. The number of carbonyl (C=O) groups is 2. The number of carbonyl (C=O) groups excluding carboxylic acids is 2. The number of aromatic nitrogens is 1. The van der Waals surface area contributed by atoms with Gasteiger partial charge in [0.25, 0.3) is 0 Å². The Morgan fingerprint density at radius 3 is 2.32 bits per heavy atom. The first-order chi connectivity index (χ1) is 15.9. The highest BCUT2D eigenvalue weighted by atomic mass is 19.4. The van der Waals surface area contributed by atoms with Gasteiger partial charge in [0.15, 0.2) is 5.78 Å². The smallest absolute Gasteiger partial charge is 0.326 e. The van der Waals surface area contributed by atoms with Gasteiger partial charge in [-0.05, 0) is 41.5 Å². The number of rotatable bonds is 5. The second-order valence-electron chi connectivity index (χ2n) is 7.83. The lowest BCUT2D eigenvalue weighted by Crippen LogP contribution is -2.17. The van der Waals surface area contributed by atoms with E-state index in [1.54, 1.807) is 6.07 Å². The summed E-state index contributed by atoms with van der Waals surface area (Å²) >= 11 is 0. The first-order valence-electron chi connectivity index (χ1n) is 10.1. The molecule has 4 nitrogen and oxygen atoms in total. The second-order valence-corrected chi connectivity index (χ2v) is 7.83. The Morgan fingerprint density at radius 2 is 1.68 bits per heavy atom. The summed E-state index contributed by atoms with van der Waals surface area (Å²) in [7, 11) is 0. The molecule has 176 valence electrons. The van der Waals surface area contributed by atoms with Crippen molar-refractivity contribution in [2.45, 2.75) is 31.1 Å². The molecule has 34 heavy (non-hydrogen) atoms. The SMILES string of the molecule is O=C1Cc2ccc(C(=O)C[C@@H](c3ccc(C(F)(F)F)cc3)c3ncccc3C(F)(F)F)cc2N1. The molecule has 1 aliphatic heterocycles. The maximum Gasteiger partial charge on any atom is 0.418 e. The van der Waals surface area contributed by atoms with Crippen LogP contribution in [-0.4, -0.2) is 16.7 Å². The molecule has 1 N–H and O–H groups in total. The number of benzene rings is 2. The molecule has 1 amide bonds. The summed E-state index contributed by atoms with van der Waals surface area (Å²) in [4.78, 5) is 28.5. The number of hydrogen-bond donors (Lipinski definition) is 1. The Kier molecular flexibility index (Phi) is 5.93. The molecular formula is C24H16F6N2O2. The normalized spacial score (nSPS) is 14.5. The van der Waals surface area contributed by atoms with Gasteiger partial charge in [-0.25, -0.2) is 0 Å². The fourth-order valence-corrected chi connectivity index (χ4v) is 3.90. The zero-order valence-electron chi connectivity index (χ0n) is 17.3. The standard InChI is InChI=1S/C24H16F6N2O2/c25-23(26,27)16-7-5-13(6-8-16)17(22-18(24(28,29)30)2-1-9-31-22)12-20(33)15-4-3-14-11-21(34)32-19(14)10-15/h1-10,17H,11-12H2,(H,32,34)/t17-/m0/s1. The molecule has 0 saturated carbocycles. The molecule has 1 aliphatic rings. The molecule has 0 saturated heterocycles. The molecule has 3 aromatic rings. The van der Waals surface area contributed by atoms with Gasteiger partial charge in [-0.15, -0.1) is 0 Å². The Bertz CT molecular complexity index is 1250. The third-order valence-electron chi connectivity index (χ3n) is 5.56. The van der Waals surface area contributed by atoms with Crippen LogP contribution in [0.25, 0.3) is 0 Å². The average molecular weight is 478 g/mol. The van der Waals surface area contributed by atoms with Crippen molar-refractivity contribution in [3.8, 4) is 0 Å². The maximum absolute atomic E-state index is 13.7. The monoisotopic (exact) mass is 478 g/mol. The number of alkyl halides is 6. The van der Waals surface area contributed by atoms with Crippen LogP contribution in [0.15, 0.2) is 60.8 Å². The van der Waals surface area contributed by atoms with Crippen LogP contribution in [0, 0.1) is 0 Å². The summed E-state index contributed by atoms with van der Waals surface area (Å²) in [6.07, 6.45) is -8.59. The minimum Gasteiger partial charge on any atom is -0.326 e. The van der Waals surface area contributed by atoms with Gasteiger partial charge in [0.05, 0.1) is 23.2 Å². The van der Waals surface area contributed by atoms with E-state index in [0.717, 1.165) is 42.6 Å². The topological polar surface area (TPSA) is 59.1 Å². The van der Waals surface area contributed by atoms with Gasteiger partial charge in [-0.3, -0.25) is 14.6 Å². The van der Waals surface area contributed by atoms with Crippen molar-refractivity contribution in [3.63, 3.8) is 0 Å². The zero-order valence-corrected chi connectivity index (χ0v) is 17.3. The molecule has 1 aromatic heterocycles. The van der Waals surface area contributed by atoms with Crippen molar-refractivity contribution in [1.29, 1.82) is 0 Å². The van der Waals surface area contributed by atoms with Gasteiger partial charge >= 0.3 is 12.4 Å². The van der Waals surface area contributed by atoms with E-state index in [9.17, 15) is 35.9 Å². The van der Waals surface area contributed by atoms with Crippen LogP contribution in [0.4, 0.5) is 32.0 Å². The molecule has 0 bridgehead atoms.